The summed E-state index contributed by atoms with van der Waals surface area (Å²) in [4.78, 5) is 12.7. The number of para-hydroxylation sites is 2. The molecule has 4 aromatic carbocycles. The summed E-state index contributed by atoms with van der Waals surface area (Å²) in [7, 11) is 0. The lowest BCUT2D eigenvalue weighted by Gasteiger charge is -2.20. The highest BCUT2D eigenvalue weighted by Crippen LogP contribution is 2.48. The lowest BCUT2D eigenvalue weighted by atomic mass is 10.0. The van der Waals surface area contributed by atoms with Gasteiger partial charge in [-0.25, -0.2) is 4.98 Å². The molecule has 0 amide bonds. The van der Waals surface area contributed by atoms with Gasteiger partial charge >= 0.3 is 0 Å². The van der Waals surface area contributed by atoms with Crippen molar-refractivity contribution in [2.24, 2.45) is 4.99 Å². The second-order valence-electron chi connectivity index (χ2n) is 8.19. The van der Waals surface area contributed by atoms with Crippen LogP contribution in [0.2, 0.25) is 0 Å². The predicted octanol–water partition coefficient (Wildman–Crippen LogP) is 8.74. The molecule has 0 aliphatic carbocycles. The topological polar surface area (TPSA) is 25.2 Å². The number of aliphatic imine (C=N–C) groups is 1. The third-order valence-corrected chi connectivity index (χ3v) is 8.23. The van der Waals surface area contributed by atoms with Crippen molar-refractivity contribution in [3.05, 3.63) is 126 Å². The molecule has 164 valence electrons. The van der Waals surface area contributed by atoms with Gasteiger partial charge in [-0.2, -0.15) is 0 Å². The van der Waals surface area contributed by atoms with Crippen molar-refractivity contribution in [1.29, 1.82) is 0 Å². The molecule has 34 heavy (non-hydrogen) atoms. The summed E-state index contributed by atoms with van der Waals surface area (Å²) in [5, 5.41) is 2.44. The first-order valence-corrected chi connectivity index (χ1v) is 13.0. The lowest BCUT2D eigenvalue weighted by Crippen LogP contribution is -2.07. The zero-order valence-electron chi connectivity index (χ0n) is 18.5. The molecule has 0 fully saturated rings. The van der Waals surface area contributed by atoms with Crippen LogP contribution in [-0.4, -0.2) is 10.7 Å². The highest BCUT2D eigenvalue weighted by Gasteiger charge is 2.26. The number of thioether (sulfide) groups is 1. The summed E-state index contributed by atoms with van der Waals surface area (Å²) >= 11 is 3.64. The molecule has 0 spiro atoms. The SMILES string of the molecule is c1ccc(Sc2nc3ccccc3cc2C2CC(c3ccccc3)=Nc3ccccc3S2)cc1. The van der Waals surface area contributed by atoms with E-state index < -0.39 is 0 Å². The first kappa shape index (κ1) is 21.2. The molecule has 6 rings (SSSR count). The molecule has 0 saturated heterocycles. The minimum atomic E-state index is 0.200. The summed E-state index contributed by atoms with van der Waals surface area (Å²) in [5.41, 5.74) is 5.63. The normalized spacial score (nSPS) is 15.4. The van der Waals surface area contributed by atoms with Crippen LogP contribution in [-0.2, 0) is 0 Å². The molecule has 4 heteroatoms. The molecule has 5 aromatic rings. The van der Waals surface area contributed by atoms with Crippen molar-refractivity contribution in [3.8, 4) is 0 Å². The van der Waals surface area contributed by atoms with Crippen LogP contribution < -0.4 is 0 Å². The van der Waals surface area contributed by atoms with E-state index in [0.717, 1.165) is 28.4 Å². The van der Waals surface area contributed by atoms with Gasteiger partial charge in [0.15, 0.2) is 0 Å². The number of hydrogen-bond donors (Lipinski definition) is 0. The Hall–Kier alpha value is -3.34. The van der Waals surface area contributed by atoms with Crippen LogP contribution in [0.15, 0.2) is 135 Å². The van der Waals surface area contributed by atoms with Crippen molar-refractivity contribution in [1.82, 2.24) is 4.98 Å². The smallest absolute Gasteiger partial charge is 0.106 e. The summed E-state index contributed by atoms with van der Waals surface area (Å²) in [5.74, 6) is 0. The summed E-state index contributed by atoms with van der Waals surface area (Å²) in [6.07, 6.45) is 0.839. The van der Waals surface area contributed by atoms with Gasteiger partial charge in [0.2, 0.25) is 0 Å². The fraction of sp³-hybridized carbons (Fsp3) is 0.0667. The van der Waals surface area contributed by atoms with Gasteiger partial charge in [0, 0.05) is 32.6 Å². The number of nitrogens with zero attached hydrogens (tertiary/aromatic N) is 2. The third kappa shape index (κ3) is 4.39. The first-order chi connectivity index (χ1) is 16.8. The van der Waals surface area contributed by atoms with E-state index >= 15 is 0 Å². The minimum Gasteiger partial charge on any atom is -0.252 e. The standard InChI is InChI=1S/C30H22N2S2/c1-3-11-21(12-4-1)27-20-29(34-28-18-10-9-17-26(28)31-27)24-19-22-13-7-8-16-25(22)32-30(24)33-23-14-5-2-6-15-23/h1-19,29H,20H2. The van der Waals surface area contributed by atoms with E-state index in [1.54, 1.807) is 11.8 Å². The van der Waals surface area contributed by atoms with E-state index in [0.29, 0.717) is 0 Å². The van der Waals surface area contributed by atoms with Gasteiger partial charge in [0.05, 0.1) is 11.2 Å². The second-order valence-corrected chi connectivity index (χ2v) is 10.5. The summed E-state index contributed by atoms with van der Waals surface area (Å²) in [6.45, 7) is 0. The molecule has 1 aliphatic rings. The Morgan fingerprint density at radius 3 is 2.29 bits per heavy atom. The van der Waals surface area contributed by atoms with Crippen LogP contribution in [0.5, 0.6) is 0 Å². The quantitative estimate of drug-likeness (QED) is 0.260. The van der Waals surface area contributed by atoms with Gasteiger partial charge in [-0.3, -0.25) is 4.99 Å². The Labute approximate surface area is 208 Å². The van der Waals surface area contributed by atoms with Crippen LogP contribution in [0.3, 0.4) is 0 Å². The molecule has 1 unspecified atom stereocenters. The predicted molar refractivity (Wildman–Crippen MR) is 145 cm³/mol. The number of rotatable bonds is 4. The van der Waals surface area contributed by atoms with Crippen molar-refractivity contribution >= 4 is 45.8 Å². The number of pyridine rings is 1. The van der Waals surface area contributed by atoms with E-state index in [2.05, 4.69) is 115 Å². The zero-order valence-corrected chi connectivity index (χ0v) is 20.1. The first-order valence-electron chi connectivity index (χ1n) is 11.3. The average Bonchev–Trinajstić information content (AvgIpc) is 3.09. The number of hydrogen-bond acceptors (Lipinski definition) is 4. The van der Waals surface area contributed by atoms with Gasteiger partial charge in [-0.05, 0) is 47.5 Å². The van der Waals surface area contributed by atoms with E-state index in [9.17, 15) is 0 Å². The number of fused-ring (bicyclic) bond motifs is 2. The van der Waals surface area contributed by atoms with E-state index in [4.69, 9.17) is 9.98 Å². The van der Waals surface area contributed by atoms with Crippen LogP contribution in [0.1, 0.15) is 22.8 Å². The second kappa shape index (κ2) is 9.49. The molecule has 2 nitrogen and oxygen atoms in total. The molecule has 1 aliphatic heterocycles. The Bertz CT molecular complexity index is 1480. The van der Waals surface area contributed by atoms with Gasteiger partial charge in [-0.1, -0.05) is 90.6 Å². The summed E-state index contributed by atoms with van der Waals surface area (Å²) < 4.78 is 0. The van der Waals surface area contributed by atoms with Gasteiger partial charge in [0.25, 0.3) is 0 Å². The van der Waals surface area contributed by atoms with Gasteiger partial charge in [-0.15, -0.1) is 11.8 Å². The van der Waals surface area contributed by atoms with Crippen LogP contribution in [0, 0.1) is 0 Å². The number of benzene rings is 4. The Balaban J connectivity index is 1.50. The zero-order chi connectivity index (χ0) is 22.7. The van der Waals surface area contributed by atoms with Gasteiger partial charge in [0.1, 0.15) is 5.03 Å². The molecule has 0 bridgehead atoms. The minimum absolute atomic E-state index is 0.200. The molecular weight excluding hydrogens is 452 g/mol. The highest BCUT2D eigenvalue weighted by atomic mass is 32.2. The maximum atomic E-state index is 5.14. The maximum Gasteiger partial charge on any atom is 0.106 e. The Kier molecular flexibility index (Phi) is 5.92. The Morgan fingerprint density at radius 1 is 0.735 bits per heavy atom. The van der Waals surface area contributed by atoms with E-state index in [1.807, 2.05) is 11.8 Å². The van der Waals surface area contributed by atoms with Crippen molar-refractivity contribution < 1.29 is 0 Å². The van der Waals surface area contributed by atoms with E-state index in [1.165, 1.54) is 26.3 Å². The monoisotopic (exact) mass is 474 g/mol. The van der Waals surface area contributed by atoms with Crippen LogP contribution in [0.25, 0.3) is 10.9 Å². The molecule has 0 saturated carbocycles. The summed E-state index contributed by atoms with van der Waals surface area (Å²) in [6, 6.07) is 40.3. The van der Waals surface area contributed by atoms with Crippen LogP contribution in [0.4, 0.5) is 5.69 Å². The van der Waals surface area contributed by atoms with Crippen LogP contribution >= 0.6 is 23.5 Å². The molecule has 2 heterocycles. The number of aromatic nitrogens is 1. The fourth-order valence-corrected chi connectivity index (χ4v) is 6.52. The molecular formula is C30H22N2S2. The van der Waals surface area contributed by atoms with Crippen molar-refractivity contribution in [3.63, 3.8) is 0 Å². The molecule has 0 N–H and O–H groups in total. The molecule has 0 radical (unpaired) electrons. The molecule has 1 atom stereocenters. The average molecular weight is 475 g/mol. The largest absolute Gasteiger partial charge is 0.252 e. The Morgan fingerprint density at radius 2 is 1.44 bits per heavy atom. The fourth-order valence-electron chi connectivity index (χ4n) is 4.22. The van der Waals surface area contributed by atoms with Crippen molar-refractivity contribution in [2.45, 2.75) is 26.5 Å². The maximum absolute atomic E-state index is 5.14. The third-order valence-electron chi connectivity index (χ3n) is 5.90. The molecule has 1 aromatic heterocycles. The van der Waals surface area contributed by atoms with E-state index in [-0.39, 0.29) is 5.25 Å². The van der Waals surface area contributed by atoms with Crippen molar-refractivity contribution in [2.75, 3.05) is 0 Å². The highest BCUT2D eigenvalue weighted by molar-refractivity contribution is 8.00. The lowest BCUT2D eigenvalue weighted by molar-refractivity contribution is 0.943. The van der Waals surface area contributed by atoms with Gasteiger partial charge < -0.3 is 0 Å².